The molecular formula is C12H17F13OSi2. The summed E-state index contributed by atoms with van der Waals surface area (Å²) in [7, 11) is -5.01. The average molecular weight is 480 g/mol. The summed E-state index contributed by atoms with van der Waals surface area (Å²) < 4.78 is 173. The lowest BCUT2D eigenvalue weighted by molar-refractivity contribution is -0.439. The van der Waals surface area contributed by atoms with Crippen LogP contribution in [0.5, 0.6) is 0 Å². The van der Waals surface area contributed by atoms with E-state index in [0.29, 0.717) is 0 Å². The summed E-state index contributed by atoms with van der Waals surface area (Å²) in [6.07, 6.45) is -9.56. The van der Waals surface area contributed by atoms with Crippen LogP contribution in [0.15, 0.2) is 0 Å². The molecular weight excluding hydrogens is 463 g/mol. The summed E-state index contributed by atoms with van der Waals surface area (Å²) >= 11 is 0. The molecule has 0 saturated heterocycles. The van der Waals surface area contributed by atoms with Crippen molar-refractivity contribution < 1.29 is 61.2 Å². The molecule has 0 amide bonds. The molecule has 16 heteroatoms. The van der Waals surface area contributed by atoms with Crippen LogP contribution in [0.1, 0.15) is 6.42 Å². The zero-order chi connectivity index (χ0) is 23.2. The van der Waals surface area contributed by atoms with Gasteiger partial charge in [-0.05, 0) is 32.2 Å². The van der Waals surface area contributed by atoms with E-state index in [2.05, 4.69) is 0 Å². The van der Waals surface area contributed by atoms with Crippen LogP contribution in [0.3, 0.4) is 0 Å². The van der Waals surface area contributed by atoms with Crippen LogP contribution in [-0.4, -0.2) is 53.1 Å². The Bertz CT molecular complexity index is 539. The molecule has 0 heterocycles. The van der Waals surface area contributed by atoms with Crippen molar-refractivity contribution in [1.29, 1.82) is 0 Å². The van der Waals surface area contributed by atoms with Gasteiger partial charge in [0.25, 0.3) is 0 Å². The Labute approximate surface area is 154 Å². The number of hydrogen-bond acceptors (Lipinski definition) is 1. The zero-order valence-corrected chi connectivity index (χ0v) is 17.0. The van der Waals surface area contributed by atoms with Crippen molar-refractivity contribution in [2.75, 3.05) is 0 Å². The summed E-state index contributed by atoms with van der Waals surface area (Å²) in [5.74, 6) is -36.5. The van der Waals surface area contributed by atoms with Crippen molar-refractivity contribution in [3.8, 4) is 0 Å². The molecule has 170 valence electrons. The van der Waals surface area contributed by atoms with Crippen LogP contribution in [0.25, 0.3) is 0 Å². The Morgan fingerprint density at radius 1 is 0.643 bits per heavy atom. The number of halogens is 13. The van der Waals surface area contributed by atoms with E-state index in [-0.39, 0.29) is 0 Å². The van der Waals surface area contributed by atoms with Gasteiger partial charge in [0.05, 0.1) is 0 Å². The predicted octanol–water partition coefficient (Wildman–Crippen LogP) is 6.32. The molecule has 1 nitrogen and oxygen atoms in total. The minimum Gasteiger partial charge on any atom is -0.458 e. The lowest BCUT2D eigenvalue weighted by atomic mass is 9.93. The SMILES string of the molecule is C[SiH](CCC(F)(F)C(F)(F)C(F)(F)C(F)(F)C(F)(F)C(F)(F)F)O[Si](C)(C)C. The van der Waals surface area contributed by atoms with Crippen molar-refractivity contribution in [2.24, 2.45) is 0 Å². The van der Waals surface area contributed by atoms with E-state index in [1.807, 2.05) is 0 Å². The maximum Gasteiger partial charge on any atom is 0.460 e. The van der Waals surface area contributed by atoms with Crippen LogP contribution in [0.4, 0.5) is 57.1 Å². The van der Waals surface area contributed by atoms with Gasteiger partial charge in [-0.2, -0.15) is 57.1 Å². The van der Waals surface area contributed by atoms with Crippen molar-refractivity contribution in [1.82, 2.24) is 0 Å². The van der Waals surface area contributed by atoms with E-state index in [4.69, 9.17) is 4.12 Å². The van der Waals surface area contributed by atoms with Crippen LogP contribution in [0, 0.1) is 0 Å². The van der Waals surface area contributed by atoms with Gasteiger partial charge in [0.2, 0.25) is 0 Å². The smallest absolute Gasteiger partial charge is 0.458 e. The van der Waals surface area contributed by atoms with Gasteiger partial charge in [0.15, 0.2) is 17.4 Å². The number of hydrogen-bond donors (Lipinski definition) is 0. The fraction of sp³-hybridized carbons (Fsp3) is 1.00. The Kier molecular flexibility index (Phi) is 7.49. The third-order valence-electron chi connectivity index (χ3n) is 3.42. The summed E-state index contributed by atoms with van der Waals surface area (Å²) in [6, 6.07) is -0.940. The highest BCUT2D eigenvalue weighted by Gasteiger charge is 2.90. The molecule has 0 aliphatic rings. The van der Waals surface area contributed by atoms with E-state index >= 15 is 0 Å². The first-order valence-corrected chi connectivity index (χ1v) is 13.3. The molecule has 0 aromatic rings. The lowest BCUT2D eigenvalue weighted by Crippen LogP contribution is -2.70. The van der Waals surface area contributed by atoms with Crippen LogP contribution < -0.4 is 0 Å². The van der Waals surface area contributed by atoms with Crippen molar-refractivity contribution in [3.05, 3.63) is 0 Å². The fourth-order valence-corrected chi connectivity index (χ4v) is 8.07. The monoisotopic (exact) mass is 480 g/mol. The second kappa shape index (κ2) is 7.63. The molecule has 0 aromatic heterocycles. The molecule has 0 aromatic carbocycles. The van der Waals surface area contributed by atoms with E-state index in [1.165, 1.54) is 6.55 Å². The van der Waals surface area contributed by atoms with Crippen molar-refractivity contribution >= 4 is 17.4 Å². The molecule has 0 N–H and O–H groups in total. The molecule has 0 rings (SSSR count). The van der Waals surface area contributed by atoms with E-state index < -0.39 is 65.6 Å². The summed E-state index contributed by atoms with van der Waals surface area (Å²) in [4.78, 5) is 0. The quantitative estimate of drug-likeness (QED) is 0.277. The molecule has 0 aliphatic heterocycles. The molecule has 0 aliphatic carbocycles. The van der Waals surface area contributed by atoms with Crippen LogP contribution >= 0.6 is 0 Å². The van der Waals surface area contributed by atoms with Gasteiger partial charge in [-0.3, -0.25) is 0 Å². The first-order valence-electron chi connectivity index (χ1n) is 7.49. The predicted molar refractivity (Wildman–Crippen MR) is 77.7 cm³/mol. The Morgan fingerprint density at radius 3 is 1.32 bits per heavy atom. The van der Waals surface area contributed by atoms with Gasteiger partial charge in [-0.15, -0.1) is 0 Å². The minimum atomic E-state index is -7.84. The molecule has 0 radical (unpaired) electrons. The zero-order valence-electron chi connectivity index (χ0n) is 14.8. The summed E-state index contributed by atoms with van der Waals surface area (Å²) in [5.41, 5.74) is 0. The standard InChI is InChI=1S/C12H17F13OSi2/c1-27(26-28(2,3)4)6-5-7(13,14)8(15,16)9(17,18)10(19,20)11(21,22)12(23,24)25/h27H,5-6H2,1-4H3. The van der Waals surface area contributed by atoms with Gasteiger partial charge < -0.3 is 4.12 Å². The molecule has 0 saturated carbocycles. The van der Waals surface area contributed by atoms with Gasteiger partial charge in [-0.1, -0.05) is 0 Å². The highest BCUT2D eigenvalue weighted by Crippen LogP contribution is 2.60. The largest absolute Gasteiger partial charge is 0.460 e. The second-order valence-electron chi connectivity index (χ2n) is 7.08. The van der Waals surface area contributed by atoms with Crippen LogP contribution in [0.2, 0.25) is 32.2 Å². The molecule has 28 heavy (non-hydrogen) atoms. The highest BCUT2D eigenvalue weighted by atomic mass is 28.4. The van der Waals surface area contributed by atoms with Crippen molar-refractivity contribution in [2.45, 2.75) is 74.4 Å². The summed E-state index contributed by atoms with van der Waals surface area (Å²) in [5, 5.41) is 0. The molecule has 0 spiro atoms. The van der Waals surface area contributed by atoms with Gasteiger partial charge in [0.1, 0.15) is 0 Å². The van der Waals surface area contributed by atoms with E-state index in [0.717, 1.165) is 0 Å². The van der Waals surface area contributed by atoms with Gasteiger partial charge >= 0.3 is 35.8 Å². The number of rotatable bonds is 9. The maximum atomic E-state index is 13.6. The van der Waals surface area contributed by atoms with Gasteiger partial charge in [0, 0.05) is 6.42 Å². The van der Waals surface area contributed by atoms with Crippen molar-refractivity contribution in [3.63, 3.8) is 0 Å². The summed E-state index contributed by atoms with van der Waals surface area (Å²) in [6.45, 7) is 5.96. The lowest BCUT2D eigenvalue weighted by Gasteiger charge is -2.40. The Hall–Kier alpha value is -0.516. The third-order valence-corrected chi connectivity index (χ3v) is 8.96. The molecule has 0 fully saturated rings. The highest BCUT2D eigenvalue weighted by molar-refractivity contribution is 6.77. The average Bonchev–Trinajstić information content (AvgIpc) is 2.41. The van der Waals surface area contributed by atoms with E-state index in [9.17, 15) is 57.1 Å². The van der Waals surface area contributed by atoms with Crippen LogP contribution in [-0.2, 0) is 4.12 Å². The maximum absolute atomic E-state index is 13.6. The van der Waals surface area contributed by atoms with Gasteiger partial charge in [-0.25, -0.2) is 0 Å². The topological polar surface area (TPSA) is 9.23 Å². The molecule has 0 bridgehead atoms. The minimum absolute atomic E-state index is 0.940. The second-order valence-corrected chi connectivity index (χ2v) is 14.4. The van der Waals surface area contributed by atoms with E-state index in [1.54, 1.807) is 19.6 Å². The molecule has 1 atom stereocenters. The Morgan fingerprint density at radius 2 is 1.00 bits per heavy atom. The number of alkyl halides is 13. The fourth-order valence-electron chi connectivity index (χ4n) is 2.01. The Balaban J connectivity index is 5.80. The normalized spacial score (nSPS) is 17.0. The third kappa shape index (κ3) is 4.96. The first-order chi connectivity index (χ1) is 11.9. The first kappa shape index (κ1) is 27.5. The molecule has 1 unspecified atom stereocenters.